The molecule has 6 heteroatoms. The molecule has 1 aromatic carbocycles. The van der Waals surface area contributed by atoms with Crippen molar-refractivity contribution in [1.29, 1.82) is 0 Å². The fourth-order valence-corrected chi connectivity index (χ4v) is 2.19. The number of halogens is 4. The van der Waals surface area contributed by atoms with Crippen LogP contribution in [0.3, 0.4) is 0 Å². The predicted octanol–water partition coefficient (Wildman–Crippen LogP) is 2.80. The Bertz CT molecular complexity index is 350. The molecule has 0 amide bonds. The maximum absolute atomic E-state index is 12.6. The number of rotatable bonds is 2. The SMILES string of the molecule is Cc1cc(F)ccc1[S+]([O-])CC(F)(F)F. The molecule has 1 atom stereocenters. The molecule has 1 nitrogen and oxygen atoms in total. The number of hydrogen-bond acceptors (Lipinski definition) is 1. The highest BCUT2D eigenvalue weighted by molar-refractivity contribution is 7.91. The van der Waals surface area contributed by atoms with E-state index in [4.69, 9.17) is 0 Å². The molecular formula is C9H8F4OS. The van der Waals surface area contributed by atoms with Crippen molar-refractivity contribution in [2.24, 2.45) is 0 Å². The van der Waals surface area contributed by atoms with Crippen LogP contribution in [-0.4, -0.2) is 16.5 Å². The van der Waals surface area contributed by atoms with Crippen molar-refractivity contribution >= 4 is 11.2 Å². The van der Waals surface area contributed by atoms with E-state index in [-0.39, 0.29) is 10.5 Å². The van der Waals surface area contributed by atoms with Crippen molar-refractivity contribution in [2.75, 3.05) is 5.75 Å². The van der Waals surface area contributed by atoms with Gasteiger partial charge in [-0.1, -0.05) is 0 Å². The highest BCUT2D eigenvalue weighted by Gasteiger charge is 2.36. The summed E-state index contributed by atoms with van der Waals surface area (Å²) >= 11 is -2.16. The summed E-state index contributed by atoms with van der Waals surface area (Å²) in [5.74, 6) is -1.96. The second-order valence-corrected chi connectivity index (χ2v) is 4.43. The minimum Gasteiger partial charge on any atom is -0.611 e. The van der Waals surface area contributed by atoms with E-state index in [1.54, 1.807) is 0 Å². The smallest absolute Gasteiger partial charge is 0.433 e. The minimum atomic E-state index is -4.48. The maximum atomic E-state index is 12.6. The Hall–Kier alpha value is -0.750. The molecule has 0 aromatic heterocycles. The molecule has 0 fully saturated rings. The summed E-state index contributed by atoms with van der Waals surface area (Å²) in [5, 5.41) is 0. The first-order chi connectivity index (χ1) is 6.79. The van der Waals surface area contributed by atoms with E-state index < -0.39 is 28.9 Å². The van der Waals surface area contributed by atoms with Crippen molar-refractivity contribution in [2.45, 2.75) is 18.0 Å². The van der Waals surface area contributed by atoms with E-state index in [1.165, 1.54) is 6.92 Å². The van der Waals surface area contributed by atoms with E-state index >= 15 is 0 Å². The highest BCUT2D eigenvalue weighted by atomic mass is 32.2. The van der Waals surface area contributed by atoms with Gasteiger partial charge in [0.2, 0.25) is 5.75 Å². The van der Waals surface area contributed by atoms with Gasteiger partial charge >= 0.3 is 6.18 Å². The molecule has 0 N–H and O–H groups in total. The summed E-state index contributed by atoms with van der Waals surface area (Å²) in [6.45, 7) is 1.42. The van der Waals surface area contributed by atoms with Crippen LogP contribution in [0.4, 0.5) is 17.6 Å². The standard InChI is InChI=1S/C9H8F4OS/c1-6-4-7(10)2-3-8(6)15(14)5-9(11,12)13/h2-4H,5H2,1H3. The van der Waals surface area contributed by atoms with Crippen LogP contribution < -0.4 is 0 Å². The van der Waals surface area contributed by atoms with Crippen molar-refractivity contribution < 1.29 is 22.1 Å². The third-order valence-electron chi connectivity index (χ3n) is 1.68. The Labute approximate surface area is 87.3 Å². The summed E-state index contributed by atoms with van der Waals surface area (Å²) in [4.78, 5) is 0.0220. The molecule has 1 unspecified atom stereocenters. The summed E-state index contributed by atoms with van der Waals surface area (Å²) in [6, 6.07) is 3.17. The van der Waals surface area contributed by atoms with Crippen LogP contribution in [0.15, 0.2) is 23.1 Å². The molecule has 84 valence electrons. The Morgan fingerprint density at radius 1 is 1.33 bits per heavy atom. The van der Waals surface area contributed by atoms with Crippen LogP contribution >= 0.6 is 0 Å². The van der Waals surface area contributed by atoms with Gasteiger partial charge < -0.3 is 4.55 Å². The van der Waals surface area contributed by atoms with Gasteiger partial charge in [-0.3, -0.25) is 0 Å². The van der Waals surface area contributed by atoms with Crippen LogP contribution in [0.5, 0.6) is 0 Å². The summed E-state index contributed by atoms with van der Waals surface area (Å²) in [7, 11) is 0. The second-order valence-electron chi connectivity index (χ2n) is 3.01. The Morgan fingerprint density at radius 2 is 1.93 bits per heavy atom. The van der Waals surface area contributed by atoms with E-state index in [1.807, 2.05) is 0 Å². The number of aryl methyl sites for hydroxylation is 1. The molecule has 1 aromatic rings. The van der Waals surface area contributed by atoms with E-state index in [0.29, 0.717) is 0 Å². The first-order valence-corrected chi connectivity index (χ1v) is 5.33. The van der Waals surface area contributed by atoms with Crippen LogP contribution in [0.25, 0.3) is 0 Å². The lowest BCUT2D eigenvalue weighted by molar-refractivity contribution is -0.106. The Morgan fingerprint density at radius 3 is 2.40 bits per heavy atom. The molecule has 0 spiro atoms. The minimum absolute atomic E-state index is 0.0220. The molecule has 0 radical (unpaired) electrons. The fourth-order valence-electron chi connectivity index (χ4n) is 1.09. The molecule has 0 heterocycles. The van der Waals surface area contributed by atoms with Crippen molar-refractivity contribution in [1.82, 2.24) is 0 Å². The highest BCUT2D eigenvalue weighted by Crippen LogP contribution is 2.24. The van der Waals surface area contributed by atoms with Gasteiger partial charge in [-0.15, -0.1) is 0 Å². The summed E-state index contributed by atoms with van der Waals surface area (Å²) < 4.78 is 59.7. The maximum Gasteiger partial charge on any atom is 0.433 e. The first kappa shape index (κ1) is 12.3. The van der Waals surface area contributed by atoms with Gasteiger partial charge in [-0.05, 0) is 36.3 Å². The van der Waals surface area contributed by atoms with Crippen molar-refractivity contribution in [3.63, 3.8) is 0 Å². The predicted molar refractivity (Wildman–Crippen MR) is 48.5 cm³/mol. The number of benzene rings is 1. The zero-order chi connectivity index (χ0) is 11.6. The molecule has 0 aliphatic carbocycles. The van der Waals surface area contributed by atoms with Gasteiger partial charge in [0.25, 0.3) is 0 Å². The first-order valence-electron chi connectivity index (χ1n) is 4.01. The molecule has 0 bridgehead atoms. The molecule has 1 rings (SSSR count). The molecule has 0 aliphatic rings. The van der Waals surface area contributed by atoms with Gasteiger partial charge in [0.1, 0.15) is 5.82 Å². The Balaban J connectivity index is 2.87. The van der Waals surface area contributed by atoms with Crippen LogP contribution in [-0.2, 0) is 11.2 Å². The van der Waals surface area contributed by atoms with Crippen LogP contribution in [0.2, 0.25) is 0 Å². The Kier molecular flexibility index (Phi) is 3.62. The average Bonchev–Trinajstić information content (AvgIpc) is 1.99. The van der Waals surface area contributed by atoms with Crippen molar-refractivity contribution in [3.05, 3.63) is 29.6 Å². The molecule has 15 heavy (non-hydrogen) atoms. The third-order valence-corrected chi connectivity index (χ3v) is 3.22. The van der Waals surface area contributed by atoms with Crippen LogP contribution in [0, 0.1) is 12.7 Å². The quantitative estimate of drug-likeness (QED) is 0.575. The third kappa shape index (κ3) is 3.71. The molecule has 0 aliphatic heterocycles. The number of alkyl halides is 3. The fraction of sp³-hybridized carbons (Fsp3) is 0.333. The van der Waals surface area contributed by atoms with E-state index in [9.17, 15) is 22.1 Å². The zero-order valence-corrected chi connectivity index (χ0v) is 8.58. The van der Waals surface area contributed by atoms with Gasteiger partial charge in [-0.25, -0.2) is 4.39 Å². The molecular weight excluding hydrogens is 232 g/mol. The molecule has 0 saturated heterocycles. The van der Waals surface area contributed by atoms with E-state index in [0.717, 1.165) is 18.2 Å². The van der Waals surface area contributed by atoms with Crippen LogP contribution in [0.1, 0.15) is 5.56 Å². The lowest BCUT2D eigenvalue weighted by Crippen LogP contribution is -2.23. The summed E-state index contributed by atoms with van der Waals surface area (Å²) in [6.07, 6.45) is -4.48. The van der Waals surface area contributed by atoms with E-state index in [2.05, 4.69) is 0 Å². The van der Waals surface area contributed by atoms with Gasteiger partial charge in [0.15, 0.2) is 4.90 Å². The lowest BCUT2D eigenvalue weighted by Gasteiger charge is -2.14. The lowest BCUT2D eigenvalue weighted by atomic mass is 10.2. The average molecular weight is 240 g/mol. The largest absolute Gasteiger partial charge is 0.611 e. The molecule has 0 saturated carbocycles. The second kappa shape index (κ2) is 4.40. The van der Waals surface area contributed by atoms with Gasteiger partial charge in [0, 0.05) is 5.56 Å². The monoisotopic (exact) mass is 240 g/mol. The zero-order valence-electron chi connectivity index (χ0n) is 7.77. The number of hydrogen-bond donors (Lipinski definition) is 0. The van der Waals surface area contributed by atoms with Crippen molar-refractivity contribution in [3.8, 4) is 0 Å². The van der Waals surface area contributed by atoms with Gasteiger partial charge in [-0.2, -0.15) is 13.2 Å². The summed E-state index contributed by atoms with van der Waals surface area (Å²) in [5.41, 5.74) is 0.262. The van der Waals surface area contributed by atoms with Gasteiger partial charge in [0.05, 0.1) is 0 Å². The normalized spacial score (nSPS) is 14.0. The topological polar surface area (TPSA) is 23.1 Å².